The molecule has 1 atom stereocenters. The molecule has 18 heavy (non-hydrogen) atoms. The molecule has 1 rings (SSSR count). The van der Waals surface area contributed by atoms with Crippen molar-refractivity contribution in [1.29, 1.82) is 0 Å². The van der Waals surface area contributed by atoms with Gasteiger partial charge in [0.1, 0.15) is 0 Å². The quantitative estimate of drug-likeness (QED) is 0.778. The summed E-state index contributed by atoms with van der Waals surface area (Å²) in [5, 5.41) is 0. The maximum atomic E-state index is 12.3. The van der Waals surface area contributed by atoms with E-state index in [1.54, 1.807) is 0 Å². The summed E-state index contributed by atoms with van der Waals surface area (Å²) < 4.78 is 0. The van der Waals surface area contributed by atoms with Gasteiger partial charge in [0, 0.05) is 12.1 Å². The molecule has 0 aliphatic carbocycles. The Bertz CT molecular complexity index is 435. The number of hydrogen-bond donors (Lipinski definition) is 1. The van der Waals surface area contributed by atoms with Crippen LogP contribution in [-0.4, -0.2) is 10.8 Å². The van der Waals surface area contributed by atoms with E-state index >= 15 is 0 Å². The lowest BCUT2D eigenvalue weighted by atomic mass is 9.83. The summed E-state index contributed by atoms with van der Waals surface area (Å²) in [5.74, 6) is 0.682. The Hall–Kier alpha value is -1.05. The largest absolute Gasteiger partial charge is 0.356 e. The highest BCUT2D eigenvalue weighted by atomic mass is 16.1. The second kappa shape index (κ2) is 5.29. The summed E-state index contributed by atoms with van der Waals surface area (Å²) in [5.41, 5.74) is 4.53. The van der Waals surface area contributed by atoms with E-state index in [0.29, 0.717) is 12.3 Å². The number of ketones is 1. The predicted molar refractivity (Wildman–Crippen MR) is 77.2 cm³/mol. The van der Waals surface area contributed by atoms with Gasteiger partial charge in [-0.2, -0.15) is 0 Å². The SMILES string of the molecule is Cc1[nH]c(C(=O)CC(C)CC(C)(C)C)c(C)c1C. The zero-order valence-electron chi connectivity index (χ0n) is 12.9. The molecule has 1 aromatic rings. The first-order valence-corrected chi connectivity index (χ1v) is 6.81. The van der Waals surface area contributed by atoms with Crippen molar-refractivity contribution in [2.45, 2.75) is 61.3 Å². The molecule has 2 nitrogen and oxygen atoms in total. The van der Waals surface area contributed by atoms with E-state index in [1.165, 1.54) is 5.56 Å². The van der Waals surface area contributed by atoms with E-state index < -0.39 is 0 Å². The summed E-state index contributed by atoms with van der Waals surface area (Å²) in [6, 6.07) is 0. The van der Waals surface area contributed by atoms with Crippen molar-refractivity contribution in [3.05, 3.63) is 22.5 Å². The smallest absolute Gasteiger partial charge is 0.179 e. The maximum Gasteiger partial charge on any atom is 0.179 e. The van der Waals surface area contributed by atoms with E-state index in [4.69, 9.17) is 0 Å². The van der Waals surface area contributed by atoms with Gasteiger partial charge in [-0.05, 0) is 49.7 Å². The molecule has 0 fully saturated rings. The Morgan fingerprint density at radius 1 is 1.17 bits per heavy atom. The van der Waals surface area contributed by atoms with Gasteiger partial charge in [0.05, 0.1) is 5.69 Å². The first-order valence-electron chi connectivity index (χ1n) is 6.81. The minimum Gasteiger partial charge on any atom is -0.356 e. The number of rotatable bonds is 4. The molecule has 2 heteroatoms. The standard InChI is InChI=1S/C16H27NO/c1-10(9-16(5,6)7)8-14(18)15-12(3)11(2)13(4)17-15/h10,17H,8-9H2,1-7H3. The third kappa shape index (κ3) is 3.72. The Morgan fingerprint density at radius 3 is 2.11 bits per heavy atom. The van der Waals surface area contributed by atoms with Gasteiger partial charge in [0.15, 0.2) is 5.78 Å². The summed E-state index contributed by atoms with van der Waals surface area (Å²) >= 11 is 0. The molecule has 102 valence electrons. The average molecular weight is 249 g/mol. The first-order chi connectivity index (χ1) is 8.11. The van der Waals surface area contributed by atoms with Crippen LogP contribution in [0.1, 0.15) is 67.8 Å². The molecule has 1 unspecified atom stereocenters. The van der Waals surface area contributed by atoms with Crippen LogP contribution < -0.4 is 0 Å². The Kier molecular flexibility index (Phi) is 4.41. The summed E-state index contributed by atoms with van der Waals surface area (Å²) in [4.78, 5) is 15.5. The Morgan fingerprint density at radius 2 is 1.72 bits per heavy atom. The van der Waals surface area contributed by atoms with Gasteiger partial charge in [-0.1, -0.05) is 27.7 Å². The number of carbonyl (C=O) groups excluding carboxylic acids is 1. The third-order valence-electron chi connectivity index (χ3n) is 3.59. The van der Waals surface area contributed by atoms with Crippen LogP contribution in [0.4, 0.5) is 0 Å². The van der Waals surface area contributed by atoms with Crippen LogP contribution >= 0.6 is 0 Å². The molecular formula is C16H27NO. The van der Waals surface area contributed by atoms with Crippen LogP contribution in [0, 0.1) is 32.1 Å². The van der Waals surface area contributed by atoms with Crippen molar-refractivity contribution in [2.75, 3.05) is 0 Å². The molecule has 0 aliphatic rings. The highest BCUT2D eigenvalue weighted by molar-refractivity contribution is 5.96. The second-order valence-electron chi connectivity index (χ2n) is 6.87. The van der Waals surface area contributed by atoms with E-state index in [-0.39, 0.29) is 11.2 Å². The number of nitrogens with one attached hydrogen (secondary N) is 1. The fourth-order valence-corrected chi connectivity index (χ4v) is 2.66. The lowest BCUT2D eigenvalue weighted by Gasteiger charge is -2.22. The monoisotopic (exact) mass is 249 g/mol. The lowest BCUT2D eigenvalue weighted by molar-refractivity contribution is 0.0949. The predicted octanol–water partition coefficient (Wildman–Crippen LogP) is 4.59. The molecular weight excluding hydrogens is 222 g/mol. The molecule has 0 aliphatic heterocycles. The number of aryl methyl sites for hydroxylation is 1. The lowest BCUT2D eigenvalue weighted by Crippen LogP contribution is -2.15. The van der Waals surface area contributed by atoms with E-state index in [9.17, 15) is 4.79 Å². The van der Waals surface area contributed by atoms with E-state index in [0.717, 1.165) is 23.4 Å². The van der Waals surface area contributed by atoms with Crippen LogP contribution in [0.2, 0.25) is 0 Å². The van der Waals surface area contributed by atoms with Crippen molar-refractivity contribution < 1.29 is 4.79 Å². The fourth-order valence-electron chi connectivity index (χ4n) is 2.66. The van der Waals surface area contributed by atoms with Crippen LogP contribution in [0.5, 0.6) is 0 Å². The highest BCUT2D eigenvalue weighted by Crippen LogP contribution is 2.27. The van der Waals surface area contributed by atoms with Gasteiger partial charge < -0.3 is 4.98 Å². The van der Waals surface area contributed by atoms with Crippen LogP contribution in [-0.2, 0) is 0 Å². The molecule has 0 amide bonds. The van der Waals surface area contributed by atoms with Crippen molar-refractivity contribution in [3.8, 4) is 0 Å². The molecule has 0 aromatic carbocycles. The van der Waals surface area contributed by atoms with Crippen molar-refractivity contribution in [3.63, 3.8) is 0 Å². The number of H-pyrrole nitrogens is 1. The maximum absolute atomic E-state index is 12.3. The highest BCUT2D eigenvalue weighted by Gasteiger charge is 2.21. The van der Waals surface area contributed by atoms with E-state index in [1.807, 2.05) is 13.8 Å². The first kappa shape index (κ1) is 15.0. The van der Waals surface area contributed by atoms with E-state index in [2.05, 4.69) is 39.6 Å². The number of hydrogen-bond acceptors (Lipinski definition) is 1. The number of aromatic amines is 1. The van der Waals surface area contributed by atoms with Crippen molar-refractivity contribution >= 4 is 5.78 Å². The summed E-state index contributed by atoms with van der Waals surface area (Å²) in [6.45, 7) is 15.0. The number of aromatic nitrogens is 1. The van der Waals surface area contributed by atoms with Gasteiger partial charge in [0.25, 0.3) is 0 Å². The topological polar surface area (TPSA) is 32.9 Å². The summed E-state index contributed by atoms with van der Waals surface area (Å²) in [6.07, 6.45) is 1.72. The minimum atomic E-state index is 0.250. The van der Waals surface area contributed by atoms with Crippen LogP contribution in [0.3, 0.4) is 0 Å². The van der Waals surface area contributed by atoms with Gasteiger partial charge in [-0.15, -0.1) is 0 Å². The zero-order valence-corrected chi connectivity index (χ0v) is 12.9. The van der Waals surface area contributed by atoms with Crippen molar-refractivity contribution in [2.24, 2.45) is 11.3 Å². The van der Waals surface area contributed by atoms with Crippen LogP contribution in [0.25, 0.3) is 0 Å². The second-order valence-corrected chi connectivity index (χ2v) is 6.87. The zero-order chi connectivity index (χ0) is 14.1. The molecule has 1 heterocycles. The molecule has 0 bridgehead atoms. The fraction of sp³-hybridized carbons (Fsp3) is 0.688. The normalized spacial score (nSPS) is 13.7. The molecule has 0 radical (unpaired) electrons. The Balaban J connectivity index is 2.74. The molecule has 1 aromatic heterocycles. The van der Waals surface area contributed by atoms with Crippen molar-refractivity contribution in [1.82, 2.24) is 4.98 Å². The molecule has 0 spiro atoms. The third-order valence-corrected chi connectivity index (χ3v) is 3.59. The Labute approximate surface area is 111 Å². The molecule has 0 saturated heterocycles. The number of Topliss-reactive ketones (excluding diaryl/α,β-unsaturated/α-hetero) is 1. The number of carbonyl (C=O) groups is 1. The minimum absolute atomic E-state index is 0.250. The van der Waals surface area contributed by atoms with Gasteiger partial charge >= 0.3 is 0 Å². The van der Waals surface area contributed by atoms with Gasteiger partial charge in [-0.25, -0.2) is 0 Å². The molecule has 1 N–H and O–H groups in total. The van der Waals surface area contributed by atoms with Crippen LogP contribution in [0.15, 0.2) is 0 Å². The molecule has 0 saturated carbocycles. The average Bonchev–Trinajstić information content (AvgIpc) is 2.43. The summed E-state index contributed by atoms with van der Waals surface area (Å²) in [7, 11) is 0. The van der Waals surface area contributed by atoms with Gasteiger partial charge in [-0.3, -0.25) is 4.79 Å². The van der Waals surface area contributed by atoms with Gasteiger partial charge in [0.2, 0.25) is 0 Å².